The van der Waals surface area contributed by atoms with E-state index in [0.717, 1.165) is 6.07 Å². The molecule has 0 fully saturated rings. The largest absolute Gasteiger partial charge is 0.420 e. The average Bonchev–Trinajstić information content (AvgIpc) is 2.18. The number of anilines is 1. The highest BCUT2D eigenvalue weighted by Gasteiger charge is 2.37. The van der Waals surface area contributed by atoms with Crippen molar-refractivity contribution in [1.29, 1.82) is 0 Å². The van der Waals surface area contributed by atoms with Crippen molar-refractivity contribution < 1.29 is 17.6 Å². The molecule has 2 aromatic rings. The summed E-state index contributed by atoms with van der Waals surface area (Å²) in [6.07, 6.45) is -4.95. The maximum absolute atomic E-state index is 13.3. The number of alkyl halides is 3. The van der Waals surface area contributed by atoms with Gasteiger partial charge in [-0.15, -0.1) is 0 Å². The van der Waals surface area contributed by atoms with Gasteiger partial charge in [-0.05, 0) is 18.2 Å². The minimum Gasteiger partial charge on any atom is -0.399 e. The van der Waals surface area contributed by atoms with Crippen LogP contribution in [-0.2, 0) is 6.18 Å². The standard InChI is InChI=1S/C10H6F4N2O/c11-8-7(10(12,13)14)5-3-4(15)1-2-6(5)16-9(8)17/h1-3H,15H2,(H,16,17). The third kappa shape index (κ3) is 1.83. The van der Waals surface area contributed by atoms with Gasteiger partial charge in [0.05, 0.1) is 0 Å². The van der Waals surface area contributed by atoms with Gasteiger partial charge in [-0.25, -0.2) is 4.39 Å². The number of aromatic nitrogens is 1. The van der Waals surface area contributed by atoms with Gasteiger partial charge in [0.25, 0.3) is 5.56 Å². The first-order valence-corrected chi connectivity index (χ1v) is 4.49. The quantitative estimate of drug-likeness (QED) is 0.553. The molecule has 0 amide bonds. The van der Waals surface area contributed by atoms with E-state index in [2.05, 4.69) is 0 Å². The van der Waals surface area contributed by atoms with Crippen LogP contribution in [0.3, 0.4) is 0 Å². The molecule has 1 aromatic heterocycles. The topological polar surface area (TPSA) is 58.9 Å². The molecule has 0 spiro atoms. The van der Waals surface area contributed by atoms with Gasteiger partial charge in [-0.1, -0.05) is 0 Å². The zero-order valence-electron chi connectivity index (χ0n) is 8.23. The molecular weight excluding hydrogens is 240 g/mol. The summed E-state index contributed by atoms with van der Waals surface area (Å²) in [4.78, 5) is 13.0. The first-order chi connectivity index (χ1) is 7.80. The van der Waals surface area contributed by atoms with Gasteiger partial charge < -0.3 is 10.7 Å². The number of hydrogen-bond acceptors (Lipinski definition) is 2. The lowest BCUT2D eigenvalue weighted by Crippen LogP contribution is -2.20. The summed E-state index contributed by atoms with van der Waals surface area (Å²) in [5.41, 5.74) is 2.28. The molecule has 0 aliphatic rings. The van der Waals surface area contributed by atoms with Crippen molar-refractivity contribution in [3.8, 4) is 0 Å². The summed E-state index contributed by atoms with van der Waals surface area (Å²) in [6.45, 7) is 0. The van der Waals surface area contributed by atoms with Crippen LogP contribution in [0.1, 0.15) is 5.56 Å². The number of H-pyrrole nitrogens is 1. The monoisotopic (exact) mass is 246 g/mol. The minimum absolute atomic E-state index is 0.0504. The third-order valence-electron chi connectivity index (χ3n) is 2.26. The van der Waals surface area contributed by atoms with Crippen LogP contribution in [0.4, 0.5) is 23.2 Å². The molecule has 0 radical (unpaired) electrons. The first kappa shape index (κ1) is 11.4. The first-order valence-electron chi connectivity index (χ1n) is 4.49. The van der Waals surface area contributed by atoms with E-state index in [-0.39, 0.29) is 11.2 Å². The number of benzene rings is 1. The van der Waals surface area contributed by atoms with Crippen LogP contribution in [-0.4, -0.2) is 4.98 Å². The predicted molar refractivity (Wildman–Crippen MR) is 53.9 cm³/mol. The second-order valence-corrected chi connectivity index (χ2v) is 3.45. The van der Waals surface area contributed by atoms with Gasteiger partial charge in [0.2, 0.25) is 5.82 Å². The predicted octanol–water partition coefficient (Wildman–Crippen LogP) is 2.27. The molecule has 0 bridgehead atoms. The maximum atomic E-state index is 13.3. The number of pyridine rings is 1. The Morgan fingerprint density at radius 2 is 1.88 bits per heavy atom. The average molecular weight is 246 g/mol. The summed E-state index contributed by atoms with van der Waals surface area (Å²) in [5.74, 6) is -1.85. The van der Waals surface area contributed by atoms with Gasteiger partial charge in [-0.2, -0.15) is 13.2 Å². The molecule has 17 heavy (non-hydrogen) atoms. The van der Waals surface area contributed by atoms with Crippen molar-refractivity contribution in [3.63, 3.8) is 0 Å². The Balaban J connectivity index is 3.00. The van der Waals surface area contributed by atoms with E-state index in [1.807, 2.05) is 4.98 Å². The van der Waals surface area contributed by atoms with Gasteiger partial charge in [0.1, 0.15) is 5.56 Å². The lowest BCUT2D eigenvalue weighted by atomic mass is 10.1. The van der Waals surface area contributed by atoms with Crippen LogP contribution in [0.5, 0.6) is 0 Å². The molecule has 0 saturated heterocycles. The molecule has 2 rings (SSSR count). The number of halogens is 4. The number of hydrogen-bond donors (Lipinski definition) is 2. The molecule has 90 valence electrons. The fourth-order valence-electron chi connectivity index (χ4n) is 1.56. The highest BCUT2D eigenvalue weighted by Crippen LogP contribution is 2.35. The molecule has 0 atom stereocenters. The minimum atomic E-state index is -4.95. The lowest BCUT2D eigenvalue weighted by Gasteiger charge is -2.11. The van der Waals surface area contributed by atoms with Gasteiger partial charge in [0.15, 0.2) is 0 Å². The van der Waals surface area contributed by atoms with Gasteiger partial charge >= 0.3 is 6.18 Å². The highest BCUT2D eigenvalue weighted by atomic mass is 19.4. The van der Waals surface area contributed by atoms with Crippen molar-refractivity contribution >= 4 is 16.6 Å². The molecule has 3 nitrogen and oxygen atoms in total. The van der Waals surface area contributed by atoms with Crippen molar-refractivity contribution in [1.82, 2.24) is 4.98 Å². The third-order valence-corrected chi connectivity index (χ3v) is 2.26. The van der Waals surface area contributed by atoms with Crippen molar-refractivity contribution in [3.05, 3.63) is 39.9 Å². The highest BCUT2D eigenvalue weighted by molar-refractivity contribution is 5.85. The van der Waals surface area contributed by atoms with Gasteiger partial charge in [-0.3, -0.25) is 4.79 Å². The summed E-state index contributed by atoms with van der Waals surface area (Å²) in [6, 6.07) is 3.48. The molecule has 0 aliphatic carbocycles. The SMILES string of the molecule is Nc1ccc2[nH]c(=O)c(F)c(C(F)(F)F)c2c1. The van der Waals surface area contributed by atoms with Gasteiger partial charge in [0, 0.05) is 16.6 Å². The van der Waals surface area contributed by atoms with Crippen LogP contribution in [0.15, 0.2) is 23.0 Å². The molecule has 3 N–H and O–H groups in total. The fourth-order valence-corrected chi connectivity index (χ4v) is 1.56. The van der Waals surface area contributed by atoms with Crippen molar-refractivity contribution in [2.45, 2.75) is 6.18 Å². The lowest BCUT2D eigenvalue weighted by molar-refractivity contribution is -0.138. The van der Waals surface area contributed by atoms with E-state index in [1.165, 1.54) is 12.1 Å². The molecule has 0 saturated carbocycles. The fraction of sp³-hybridized carbons (Fsp3) is 0.100. The summed E-state index contributed by atoms with van der Waals surface area (Å²) in [7, 11) is 0. The number of nitrogens with two attached hydrogens (primary N) is 1. The molecule has 1 aromatic carbocycles. The second kappa shape index (κ2) is 3.47. The Hall–Kier alpha value is -2.05. The second-order valence-electron chi connectivity index (χ2n) is 3.45. The zero-order valence-corrected chi connectivity index (χ0v) is 8.23. The summed E-state index contributed by atoms with van der Waals surface area (Å²) in [5, 5.41) is -0.463. The van der Waals surface area contributed by atoms with Crippen LogP contribution < -0.4 is 11.3 Å². The number of nitrogens with one attached hydrogen (secondary N) is 1. The number of aromatic amines is 1. The normalized spacial score (nSPS) is 12.0. The molecule has 7 heteroatoms. The zero-order chi connectivity index (χ0) is 12.8. The Bertz CT molecular complexity index is 645. The maximum Gasteiger partial charge on any atom is 0.420 e. The molecule has 1 heterocycles. The van der Waals surface area contributed by atoms with Crippen LogP contribution in [0.2, 0.25) is 0 Å². The van der Waals surface area contributed by atoms with Crippen LogP contribution >= 0.6 is 0 Å². The van der Waals surface area contributed by atoms with Crippen molar-refractivity contribution in [2.75, 3.05) is 5.73 Å². The van der Waals surface area contributed by atoms with E-state index in [0.29, 0.717) is 0 Å². The summed E-state index contributed by atoms with van der Waals surface area (Å²) < 4.78 is 51.2. The molecular formula is C10H6F4N2O. The summed E-state index contributed by atoms with van der Waals surface area (Å²) >= 11 is 0. The molecule has 0 unspecified atom stereocenters. The van der Waals surface area contributed by atoms with E-state index < -0.39 is 28.5 Å². The Morgan fingerprint density at radius 3 is 2.47 bits per heavy atom. The van der Waals surface area contributed by atoms with E-state index in [4.69, 9.17) is 5.73 Å². The van der Waals surface area contributed by atoms with E-state index >= 15 is 0 Å². The van der Waals surface area contributed by atoms with Crippen molar-refractivity contribution in [2.24, 2.45) is 0 Å². The Labute approximate surface area is 91.9 Å². The van der Waals surface area contributed by atoms with E-state index in [1.54, 1.807) is 0 Å². The molecule has 0 aliphatic heterocycles. The van der Waals surface area contributed by atoms with Crippen LogP contribution in [0, 0.1) is 5.82 Å². The Kier molecular flexibility index (Phi) is 2.34. The Morgan fingerprint density at radius 1 is 1.24 bits per heavy atom. The number of rotatable bonds is 0. The number of fused-ring (bicyclic) bond motifs is 1. The van der Waals surface area contributed by atoms with E-state index in [9.17, 15) is 22.4 Å². The van der Waals surface area contributed by atoms with Crippen LogP contribution in [0.25, 0.3) is 10.9 Å². The number of nitrogen functional groups attached to an aromatic ring is 1. The smallest absolute Gasteiger partial charge is 0.399 e.